The number of ether oxygens (including phenoxy) is 3. The van der Waals surface area contributed by atoms with Crippen molar-refractivity contribution in [2.75, 3.05) is 47.5 Å². The molecule has 0 atom stereocenters. The Morgan fingerprint density at radius 2 is 1.50 bits per heavy atom. The highest BCUT2D eigenvalue weighted by Gasteiger charge is 2.22. The van der Waals surface area contributed by atoms with Gasteiger partial charge in [-0.2, -0.15) is 0 Å². The molecule has 0 unspecified atom stereocenters. The van der Waals surface area contributed by atoms with Crippen LogP contribution in [-0.2, 0) is 13.1 Å². The fraction of sp³-hybridized carbons (Fsp3) is 0.375. The Morgan fingerprint density at radius 1 is 0.844 bits per heavy atom. The lowest BCUT2D eigenvalue weighted by atomic mass is 10.1. The van der Waals surface area contributed by atoms with Crippen molar-refractivity contribution in [3.05, 3.63) is 58.8 Å². The molecule has 1 aliphatic heterocycles. The normalized spacial score (nSPS) is 15.0. The van der Waals surface area contributed by atoms with E-state index >= 15 is 0 Å². The molecular formula is C24H28ClN3O4. The Hall–Kier alpha value is -2.74. The molecule has 1 saturated heterocycles. The van der Waals surface area contributed by atoms with Gasteiger partial charge in [0.25, 0.3) is 0 Å². The Balaban J connectivity index is 1.34. The van der Waals surface area contributed by atoms with Crippen LogP contribution in [0.15, 0.2) is 47.0 Å². The van der Waals surface area contributed by atoms with E-state index in [1.165, 1.54) is 0 Å². The summed E-state index contributed by atoms with van der Waals surface area (Å²) in [6.45, 7) is 5.35. The molecule has 8 heteroatoms. The second kappa shape index (κ2) is 10.3. The Labute approximate surface area is 193 Å². The SMILES string of the molecule is COc1ccc(CN2CCN(Cc3cc(-c4ccc(Cl)cc4)no3)CC2)c(OC)c1OC. The van der Waals surface area contributed by atoms with Crippen LogP contribution in [-0.4, -0.2) is 62.5 Å². The summed E-state index contributed by atoms with van der Waals surface area (Å²) in [6.07, 6.45) is 0. The molecule has 170 valence electrons. The van der Waals surface area contributed by atoms with Gasteiger partial charge >= 0.3 is 0 Å². The number of piperazine rings is 1. The van der Waals surface area contributed by atoms with Gasteiger partial charge in [-0.15, -0.1) is 0 Å². The minimum absolute atomic E-state index is 0.632. The minimum Gasteiger partial charge on any atom is -0.493 e. The van der Waals surface area contributed by atoms with Crippen molar-refractivity contribution in [1.82, 2.24) is 15.0 Å². The Kier molecular flexibility index (Phi) is 7.19. The number of aromatic nitrogens is 1. The summed E-state index contributed by atoms with van der Waals surface area (Å²) in [6, 6.07) is 13.6. The monoisotopic (exact) mass is 457 g/mol. The Morgan fingerprint density at radius 3 is 2.12 bits per heavy atom. The van der Waals surface area contributed by atoms with Crippen molar-refractivity contribution in [3.63, 3.8) is 0 Å². The van der Waals surface area contributed by atoms with E-state index in [9.17, 15) is 0 Å². The summed E-state index contributed by atoms with van der Waals surface area (Å²) in [5.74, 6) is 2.89. The van der Waals surface area contributed by atoms with Crippen molar-refractivity contribution in [2.24, 2.45) is 0 Å². The molecule has 0 amide bonds. The molecule has 2 aromatic carbocycles. The van der Waals surface area contributed by atoms with E-state index in [-0.39, 0.29) is 0 Å². The highest BCUT2D eigenvalue weighted by molar-refractivity contribution is 6.30. The molecule has 0 saturated carbocycles. The van der Waals surface area contributed by atoms with Crippen LogP contribution < -0.4 is 14.2 Å². The van der Waals surface area contributed by atoms with Gasteiger partial charge in [0.1, 0.15) is 5.69 Å². The first-order chi connectivity index (χ1) is 15.6. The lowest BCUT2D eigenvalue weighted by molar-refractivity contribution is 0.113. The molecule has 1 aromatic heterocycles. The zero-order valence-corrected chi connectivity index (χ0v) is 19.4. The molecule has 1 fully saturated rings. The highest BCUT2D eigenvalue weighted by Crippen LogP contribution is 2.40. The molecule has 0 bridgehead atoms. The fourth-order valence-corrected chi connectivity index (χ4v) is 4.12. The van der Waals surface area contributed by atoms with Gasteiger partial charge in [0, 0.05) is 54.9 Å². The molecular weight excluding hydrogens is 430 g/mol. The number of hydrogen-bond acceptors (Lipinski definition) is 7. The lowest BCUT2D eigenvalue weighted by Gasteiger charge is -2.34. The molecule has 0 radical (unpaired) electrons. The van der Waals surface area contributed by atoms with Crippen LogP contribution in [0, 0.1) is 0 Å². The van der Waals surface area contributed by atoms with Crippen molar-refractivity contribution < 1.29 is 18.7 Å². The molecule has 7 nitrogen and oxygen atoms in total. The quantitative estimate of drug-likeness (QED) is 0.498. The van der Waals surface area contributed by atoms with Crippen LogP contribution in [0.5, 0.6) is 17.2 Å². The summed E-state index contributed by atoms with van der Waals surface area (Å²) >= 11 is 5.97. The molecule has 0 spiro atoms. The minimum atomic E-state index is 0.632. The summed E-state index contributed by atoms with van der Waals surface area (Å²) in [7, 11) is 4.92. The molecule has 3 aromatic rings. The van der Waals surface area contributed by atoms with E-state index in [4.69, 9.17) is 30.3 Å². The third-order valence-electron chi connectivity index (χ3n) is 5.72. The summed E-state index contributed by atoms with van der Waals surface area (Å²) in [5.41, 5.74) is 2.91. The van der Waals surface area contributed by atoms with Gasteiger partial charge in [-0.1, -0.05) is 35.0 Å². The van der Waals surface area contributed by atoms with Crippen molar-refractivity contribution >= 4 is 11.6 Å². The number of hydrogen-bond donors (Lipinski definition) is 0. The van der Waals surface area contributed by atoms with E-state index in [2.05, 4.69) is 15.0 Å². The number of nitrogens with zero attached hydrogens (tertiary/aromatic N) is 3. The van der Waals surface area contributed by atoms with Gasteiger partial charge in [0.15, 0.2) is 17.3 Å². The first-order valence-corrected chi connectivity index (χ1v) is 10.9. The van der Waals surface area contributed by atoms with Crippen LogP contribution in [0.1, 0.15) is 11.3 Å². The van der Waals surface area contributed by atoms with Crippen LogP contribution in [0.3, 0.4) is 0 Å². The molecule has 2 heterocycles. The van der Waals surface area contributed by atoms with Gasteiger partial charge in [-0.25, -0.2) is 0 Å². The number of benzene rings is 2. The number of methoxy groups -OCH3 is 3. The first kappa shape index (κ1) is 22.5. The second-order valence-corrected chi connectivity index (χ2v) is 8.17. The first-order valence-electron chi connectivity index (χ1n) is 10.6. The van der Waals surface area contributed by atoms with Crippen LogP contribution in [0.4, 0.5) is 0 Å². The standard InChI is InChI=1S/C24H28ClN3O4/c1-29-22-9-6-18(23(30-2)24(22)31-3)15-27-10-12-28(13-11-27)16-20-14-21(26-32-20)17-4-7-19(25)8-5-17/h4-9,14H,10-13,15-16H2,1-3H3. The zero-order chi connectivity index (χ0) is 22.5. The van der Waals surface area contributed by atoms with Gasteiger partial charge in [-0.05, 0) is 18.2 Å². The summed E-state index contributed by atoms with van der Waals surface area (Å²) < 4.78 is 22.1. The van der Waals surface area contributed by atoms with Gasteiger partial charge in [0.05, 0.1) is 27.9 Å². The van der Waals surface area contributed by atoms with Crippen LogP contribution in [0.25, 0.3) is 11.3 Å². The molecule has 0 aliphatic carbocycles. The van der Waals surface area contributed by atoms with Crippen LogP contribution in [0.2, 0.25) is 5.02 Å². The smallest absolute Gasteiger partial charge is 0.203 e. The van der Waals surface area contributed by atoms with Crippen molar-refractivity contribution in [1.29, 1.82) is 0 Å². The molecule has 0 N–H and O–H groups in total. The van der Waals surface area contributed by atoms with Gasteiger partial charge < -0.3 is 18.7 Å². The summed E-state index contributed by atoms with van der Waals surface area (Å²) in [4.78, 5) is 4.80. The van der Waals surface area contributed by atoms with Crippen molar-refractivity contribution in [2.45, 2.75) is 13.1 Å². The third-order valence-corrected chi connectivity index (χ3v) is 5.97. The van der Waals surface area contributed by atoms with Gasteiger partial charge in [-0.3, -0.25) is 9.80 Å². The zero-order valence-electron chi connectivity index (χ0n) is 18.6. The maximum absolute atomic E-state index is 5.97. The lowest BCUT2D eigenvalue weighted by Crippen LogP contribution is -2.45. The van der Waals surface area contributed by atoms with E-state index in [1.807, 2.05) is 42.5 Å². The number of halogens is 1. The Bertz CT molecular complexity index is 1030. The van der Waals surface area contributed by atoms with E-state index < -0.39 is 0 Å². The van der Waals surface area contributed by atoms with E-state index in [1.54, 1.807) is 21.3 Å². The highest BCUT2D eigenvalue weighted by atomic mass is 35.5. The van der Waals surface area contributed by atoms with Crippen molar-refractivity contribution in [3.8, 4) is 28.5 Å². The van der Waals surface area contributed by atoms with Gasteiger partial charge in [0.2, 0.25) is 5.75 Å². The predicted molar refractivity (Wildman–Crippen MR) is 124 cm³/mol. The number of rotatable bonds is 8. The average molecular weight is 458 g/mol. The van der Waals surface area contributed by atoms with Crippen LogP contribution >= 0.6 is 11.6 Å². The second-order valence-electron chi connectivity index (χ2n) is 7.73. The molecule has 1 aliphatic rings. The summed E-state index contributed by atoms with van der Waals surface area (Å²) in [5, 5.41) is 4.92. The molecule has 32 heavy (non-hydrogen) atoms. The third kappa shape index (κ3) is 5.01. The maximum atomic E-state index is 5.97. The average Bonchev–Trinajstić information content (AvgIpc) is 3.28. The topological polar surface area (TPSA) is 60.2 Å². The predicted octanol–water partition coefficient (Wildman–Crippen LogP) is 4.34. The fourth-order valence-electron chi connectivity index (χ4n) is 4.00. The molecule has 4 rings (SSSR count). The van der Waals surface area contributed by atoms with E-state index in [0.29, 0.717) is 16.5 Å². The largest absolute Gasteiger partial charge is 0.493 e. The van der Waals surface area contributed by atoms with E-state index in [0.717, 1.165) is 67.6 Å². The maximum Gasteiger partial charge on any atom is 0.203 e.